The van der Waals surface area contributed by atoms with Gasteiger partial charge in [-0.3, -0.25) is 19.4 Å². The molecular weight excluding hydrogens is 601 g/mol. The highest BCUT2D eigenvalue weighted by Crippen LogP contribution is 2.33. The molecule has 3 fully saturated rings. The molecule has 0 radical (unpaired) electrons. The van der Waals surface area contributed by atoms with Crippen LogP contribution in [-0.4, -0.2) is 97.4 Å². The van der Waals surface area contributed by atoms with Gasteiger partial charge in [-0.15, -0.1) is 0 Å². The lowest BCUT2D eigenvalue weighted by Crippen LogP contribution is -2.46. The maximum absolute atomic E-state index is 15.2. The predicted molar refractivity (Wildman–Crippen MR) is 163 cm³/mol. The Kier molecular flexibility index (Phi) is 9.01. The summed E-state index contributed by atoms with van der Waals surface area (Å²) < 4.78 is 25.2. The van der Waals surface area contributed by atoms with Crippen molar-refractivity contribution in [1.29, 1.82) is 0 Å². The summed E-state index contributed by atoms with van der Waals surface area (Å²) in [6.07, 6.45) is -0.133. The van der Waals surface area contributed by atoms with E-state index in [1.165, 1.54) is 18.1 Å². The molecule has 5 rings (SSSR count). The van der Waals surface area contributed by atoms with Gasteiger partial charge in [0.1, 0.15) is 22.8 Å². The monoisotopic (exact) mass is 629 g/mol. The van der Waals surface area contributed by atoms with E-state index in [2.05, 4.69) is 15.0 Å². The van der Waals surface area contributed by atoms with E-state index in [-0.39, 0.29) is 17.4 Å². The second kappa shape index (κ2) is 12.9. The molecule has 2 aromatic carbocycles. The van der Waals surface area contributed by atoms with E-state index in [1.807, 2.05) is 29.2 Å². The summed E-state index contributed by atoms with van der Waals surface area (Å²) in [4.78, 5) is 54.0. The lowest BCUT2D eigenvalue weighted by molar-refractivity contribution is -0.140. The van der Waals surface area contributed by atoms with E-state index in [4.69, 9.17) is 22.1 Å². The van der Waals surface area contributed by atoms with Crippen molar-refractivity contribution in [3.05, 3.63) is 58.8 Å². The van der Waals surface area contributed by atoms with Crippen LogP contribution in [0.1, 0.15) is 5.56 Å². The van der Waals surface area contributed by atoms with Crippen molar-refractivity contribution >= 4 is 75.5 Å². The number of carboxylic acid groups (broad SMARTS) is 1. The number of hydrogen-bond acceptors (Lipinski definition) is 10. The third kappa shape index (κ3) is 6.83. The predicted octanol–water partition coefficient (Wildman–Crippen LogP) is 3.12. The summed E-state index contributed by atoms with van der Waals surface area (Å²) in [5.41, 5.74) is 2.58. The fourth-order valence-electron chi connectivity index (χ4n) is 4.94. The van der Waals surface area contributed by atoms with Crippen LogP contribution in [0, 0.1) is 5.82 Å². The third-order valence-corrected chi connectivity index (χ3v) is 8.50. The van der Waals surface area contributed by atoms with E-state index < -0.39 is 42.5 Å². The van der Waals surface area contributed by atoms with E-state index >= 15 is 4.39 Å². The van der Waals surface area contributed by atoms with Gasteiger partial charge in [-0.1, -0.05) is 36.1 Å². The number of nitrogens with zero attached hydrogens (tertiary/aromatic N) is 4. The summed E-state index contributed by atoms with van der Waals surface area (Å²) in [7, 11) is 1.24. The van der Waals surface area contributed by atoms with Gasteiger partial charge in [-0.25, -0.2) is 14.0 Å². The number of rotatable bonds is 8. The fraction of sp³-hybridized carbons (Fsp3) is 0.321. The SMILES string of the molecule is COC(=O)NC[C@H]1CN(c2ccc(N3CCN(c4ccc(/C=C5/SC(=S)N(CC(=O)O)C5=O)cc4)CC3)c(F)c2)C(=O)O1. The summed E-state index contributed by atoms with van der Waals surface area (Å²) in [6, 6.07) is 12.3. The van der Waals surface area contributed by atoms with Crippen molar-refractivity contribution in [2.45, 2.75) is 6.10 Å². The zero-order valence-corrected chi connectivity index (χ0v) is 24.7. The van der Waals surface area contributed by atoms with Crippen molar-refractivity contribution in [3.8, 4) is 0 Å². The van der Waals surface area contributed by atoms with Crippen LogP contribution in [0.15, 0.2) is 47.4 Å². The van der Waals surface area contributed by atoms with Gasteiger partial charge in [-0.2, -0.15) is 0 Å². The Labute approximate surface area is 256 Å². The number of methoxy groups -OCH3 is 1. The lowest BCUT2D eigenvalue weighted by Gasteiger charge is -2.37. The largest absolute Gasteiger partial charge is 0.480 e. The first-order valence-electron chi connectivity index (χ1n) is 13.3. The molecule has 3 heterocycles. The number of cyclic esters (lactones) is 1. The summed E-state index contributed by atoms with van der Waals surface area (Å²) in [5.74, 6) is -2.00. The fourth-order valence-corrected chi connectivity index (χ4v) is 6.19. The lowest BCUT2D eigenvalue weighted by atomic mass is 10.1. The number of piperazine rings is 1. The van der Waals surface area contributed by atoms with Crippen LogP contribution in [0.3, 0.4) is 0 Å². The van der Waals surface area contributed by atoms with Crippen LogP contribution >= 0.6 is 24.0 Å². The van der Waals surface area contributed by atoms with Gasteiger partial charge in [0.2, 0.25) is 0 Å². The molecule has 3 amide bonds. The number of thiocarbonyl (C=S) groups is 1. The number of aliphatic carboxylic acids is 1. The molecular formula is C28H28FN5O7S2. The highest BCUT2D eigenvalue weighted by atomic mass is 32.2. The number of thioether (sulfide) groups is 1. The molecule has 3 aliphatic heterocycles. The molecule has 0 saturated carbocycles. The topological polar surface area (TPSA) is 132 Å². The Morgan fingerprint density at radius 1 is 1.12 bits per heavy atom. The van der Waals surface area contributed by atoms with Crippen LogP contribution in [0.4, 0.5) is 31.0 Å². The van der Waals surface area contributed by atoms with Crippen LogP contribution in [0.5, 0.6) is 0 Å². The van der Waals surface area contributed by atoms with Gasteiger partial charge >= 0.3 is 18.2 Å². The number of halogens is 1. The molecule has 0 bridgehead atoms. The maximum atomic E-state index is 15.2. The van der Waals surface area contributed by atoms with Gasteiger partial charge in [0, 0.05) is 31.9 Å². The number of ether oxygens (including phenoxy) is 2. The Hall–Kier alpha value is -4.37. The van der Waals surface area contributed by atoms with Gasteiger partial charge in [0.15, 0.2) is 0 Å². The molecule has 15 heteroatoms. The minimum absolute atomic E-state index is 0.0843. The van der Waals surface area contributed by atoms with Gasteiger partial charge in [0.05, 0.1) is 36.5 Å². The van der Waals surface area contributed by atoms with Crippen LogP contribution < -0.4 is 20.0 Å². The number of carbonyl (C=O) groups is 4. The Bertz CT molecular complexity index is 1480. The maximum Gasteiger partial charge on any atom is 0.414 e. The number of benzene rings is 2. The molecule has 226 valence electrons. The van der Waals surface area contributed by atoms with E-state index in [0.29, 0.717) is 42.5 Å². The average molecular weight is 630 g/mol. The number of amides is 3. The van der Waals surface area contributed by atoms with Crippen LogP contribution in [0.2, 0.25) is 0 Å². The number of alkyl carbamates (subject to hydrolysis) is 1. The van der Waals surface area contributed by atoms with Crippen molar-refractivity contribution in [3.63, 3.8) is 0 Å². The summed E-state index contributed by atoms with van der Waals surface area (Å²) >= 11 is 6.22. The van der Waals surface area contributed by atoms with Crippen molar-refractivity contribution < 1.29 is 38.1 Å². The molecule has 2 N–H and O–H groups in total. The minimum Gasteiger partial charge on any atom is -0.480 e. The summed E-state index contributed by atoms with van der Waals surface area (Å²) in [6.45, 7) is 2.26. The van der Waals surface area contributed by atoms with E-state index in [9.17, 15) is 19.2 Å². The first-order valence-corrected chi connectivity index (χ1v) is 14.5. The summed E-state index contributed by atoms with van der Waals surface area (Å²) in [5, 5.41) is 11.5. The van der Waals surface area contributed by atoms with Gasteiger partial charge in [0.25, 0.3) is 5.91 Å². The minimum atomic E-state index is -1.13. The first-order chi connectivity index (χ1) is 20.6. The van der Waals surface area contributed by atoms with Gasteiger partial charge < -0.3 is 29.7 Å². The number of carboxylic acids is 1. The Morgan fingerprint density at radius 3 is 2.44 bits per heavy atom. The highest BCUT2D eigenvalue weighted by molar-refractivity contribution is 8.26. The number of anilines is 3. The second-order valence-electron chi connectivity index (χ2n) is 9.85. The molecule has 12 nitrogen and oxygen atoms in total. The molecule has 0 aliphatic carbocycles. The molecule has 0 aromatic heterocycles. The molecule has 2 aromatic rings. The standard InChI is InChI=1S/C28H28FN5O7S2/c1-40-26(38)30-14-20-15-33(27(39)41-20)19-6-7-22(21(29)13-19)32-10-8-31(9-11-32)18-4-2-17(3-5-18)12-23-25(37)34(16-24(35)36)28(42)43-23/h2-7,12-13,20H,8-11,14-16H2,1H3,(H,30,38)(H,35,36)/b23-12+/t20-/m0/s1. The molecule has 3 saturated heterocycles. The Balaban J connectivity index is 1.16. The highest BCUT2D eigenvalue weighted by Gasteiger charge is 2.34. The van der Waals surface area contributed by atoms with Crippen molar-refractivity contribution in [2.24, 2.45) is 0 Å². The average Bonchev–Trinajstić information content (AvgIpc) is 3.49. The normalized spacial score (nSPS) is 19.7. The zero-order chi connectivity index (χ0) is 30.7. The van der Waals surface area contributed by atoms with Crippen molar-refractivity contribution in [2.75, 3.05) is 67.6 Å². The van der Waals surface area contributed by atoms with Crippen LogP contribution in [-0.2, 0) is 19.1 Å². The van der Waals surface area contributed by atoms with Crippen LogP contribution in [0.25, 0.3) is 6.08 Å². The quantitative estimate of drug-likeness (QED) is 0.330. The third-order valence-electron chi connectivity index (χ3n) is 7.12. The molecule has 3 aliphatic rings. The zero-order valence-electron chi connectivity index (χ0n) is 23.0. The number of carbonyl (C=O) groups excluding carboxylic acids is 3. The number of nitrogens with one attached hydrogen (secondary N) is 1. The van der Waals surface area contributed by atoms with E-state index in [0.717, 1.165) is 27.9 Å². The first kappa shape index (κ1) is 30.1. The second-order valence-corrected chi connectivity index (χ2v) is 11.5. The molecule has 43 heavy (non-hydrogen) atoms. The number of hydrogen-bond donors (Lipinski definition) is 2. The molecule has 0 spiro atoms. The smallest absolute Gasteiger partial charge is 0.414 e. The molecule has 0 unspecified atom stereocenters. The van der Waals surface area contributed by atoms with Gasteiger partial charge in [-0.05, 0) is 42.0 Å². The Morgan fingerprint density at radius 2 is 1.79 bits per heavy atom. The van der Waals surface area contributed by atoms with E-state index in [1.54, 1.807) is 18.2 Å². The van der Waals surface area contributed by atoms with Crippen molar-refractivity contribution in [1.82, 2.24) is 10.2 Å². The molecule has 1 atom stereocenters.